The van der Waals surface area contributed by atoms with E-state index in [1.807, 2.05) is 0 Å². The van der Waals surface area contributed by atoms with Crippen molar-refractivity contribution in [1.29, 1.82) is 0 Å². The Morgan fingerprint density at radius 2 is 2.58 bits per heavy atom. The van der Waals surface area contributed by atoms with Gasteiger partial charge in [0.15, 0.2) is 3.92 Å². The van der Waals surface area contributed by atoms with Crippen LogP contribution in [0.4, 0.5) is 0 Å². The van der Waals surface area contributed by atoms with Gasteiger partial charge in [0, 0.05) is 11.9 Å². The van der Waals surface area contributed by atoms with Gasteiger partial charge in [-0.1, -0.05) is 0 Å². The first kappa shape index (κ1) is 9.63. The zero-order valence-corrected chi connectivity index (χ0v) is 8.72. The summed E-state index contributed by atoms with van der Waals surface area (Å²) in [5, 5.41) is 11.2. The van der Waals surface area contributed by atoms with E-state index < -0.39 is 5.91 Å². The molecular formula is C6H7BrN2O2S. The number of amides is 1. The molecule has 0 bridgehead atoms. The fourth-order valence-electron chi connectivity index (χ4n) is 0.626. The van der Waals surface area contributed by atoms with Crippen molar-refractivity contribution < 1.29 is 10.0 Å². The molecule has 0 aliphatic carbocycles. The molecule has 0 spiro atoms. The van der Waals surface area contributed by atoms with E-state index in [2.05, 4.69) is 20.9 Å². The number of hydrogen-bond donors (Lipinski definition) is 1. The molecule has 1 N–H and O–H groups in total. The fraction of sp³-hybridized carbons (Fsp3) is 0.333. The highest BCUT2D eigenvalue weighted by Gasteiger charge is 2.14. The number of rotatable bonds is 2. The van der Waals surface area contributed by atoms with E-state index in [0.717, 1.165) is 0 Å². The standard InChI is InChI=1S/C6H7BrN2O2S/c1-2-9(11)5(10)4-3-12-6(7)8-4/h3,11H,2H2,1H3. The van der Waals surface area contributed by atoms with Crippen LogP contribution in [0.3, 0.4) is 0 Å². The average Bonchev–Trinajstić information content (AvgIpc) is 2.49. The molecule has 0 fully saturated rings. The maximum Gasteiger partial charge on any atom is 0.296 e. The van der Waals surface area contributed by atoms with Gasteiger partial charge in [0.25, 0.3) is 5.91 Å². The molecule has 4 nitrogen and oxygen atoms in total. The third-order valence-corrected chi connectivity index (χ3v) is 2.59. The van der Waals surface area contributed by atoms with Crippen LogP contribution in [0, 0.1) is 0 Å². The molecule has 1 aromatic heterocycles. The van der Waals surface area contributed by atoms with Crippen molar-refractivity contribution in [3.05, 3.63) is 15.0 Å². The van der Waals surface area contributed by atoms with Gasteiger partial charge in [-0.05, 0) is 22.9 Å². The van der Waals surface area contributed by atoms with Crippen LogP contribution in [0.15, 0.2) is 9.30 Å². The molecule has 0 unspecified atom stereocenters. The summed E-state index contributed by atoms with van der Waals surface area (Å²) in [6.07, 6.45) is 0. The molecule has 1 rings (SSSR count). The zero-order valence-electron chi connectivity index (χ0n) is 6.32. The Hall–Kier alpha value is -0.460. The molecule has 0 aliphatic heterocycles. The summed E-state index contributed by atoms with van der Waals surface area (Å²) in [4.78, 5) is 15.1. The van der Waals surface area contributed by atoms with Gasteiger partial charge in [0.2, 0.25) is 0 Å². The third-order valence-electron chi connectivity index (χ3n) is 1.23. The van der Waals surface area contributed by atoms with Crippen molar-refractivity contribution in [1.82, 2.24) is 10.0 Å². The molecule has 66 valence electrons. The highest BCUT2D eigenvalue weighted by atomic mass is 79.9. The van der Waals surface area contributed by atoms with Crippen molar-refractivity contribution in [2.45, 2.75) is 6.92 Å². The summed E-state index contributed by atoms with van der Waals surface area (Å²) in [6, 6.07) is 0. The number of carbonyl (C=O) groups is 1. The minimum atomic E-state index is -0.473. The molecule has 0 aromatic carbocycles. The number of nitrogens with zero attached hydrogens (tertiary/aromatic N) is 2. The summed E-state index contributed by atoms with van der Waals surface area (Å²) in [5.74, 6) is -0.473. The van der Waals surface area contributed by atoms with Crippen LogP contribution in [0.2, 0.25) is 0 Å². The van der Waals surface area contributed by atoms with Crippen LogP contribution < -0.4 is 0 Å². The summed E-state index contributed by atoms with van der Waals surface area (Å²) >= 11 is 4.43. The van der Waals surface area contributed by atoms with Gasteiger partial charge in [-0.15, -0.1) is 11.3 Å². The van der Waals surface area contributed by atoms with Crippen molar-refractivity contribution >= 4 is 33.2 Å². The second-order valence-electron chi connectivity index (χ2n) is 2.01. The number of aromatic nitrogens is 1. The van der Waals surface area contributed by atoms with Gasteiger partial charge in [0.1, 0.15) is 5.69 Å². The normalized spacial score (nSPS) is 9.92. The first-order chi connectivity index (χ1) is 5.65. The largest absolute Gasteiger partial charge is 0.296 e. The van der Waals surface area contributed by atoms with Crippen molar-refractivity contribution in [3.8, 4) is 0 Å². The lowest BCUT2D eigenvalue weighted by atomic mass is 10.4. The molecule has 1 aromatic rings. The Kier molecular flexibility index (Phi) is 3.19. The summed E-state index contributed by atoms with van der Waals surface area (Å²) in [5.41, 5.74) is 0.260. The molecule has 0 saturated carbocycles. The summed E-state index contributed by atoms with van der Waals surface area (Å²) < 4.78 is 0.635. The van der Waals surface area contributed by atoms with Crippen LogP contribution in [0.5, 0.6) is 0 Å². The van der Waals surface area contributed by atoms with Gasteiger partial charge in [-0.25, -0.2) is 10.0 Å². The molecule has 0 radical (unpaired) electrons. The number of hydrogen-bond acceptors (Lipinski definition) is 4. The molecule has 6 heteroatoms. The molecular weight excluding hydrogens is 244 g/mol. The van der Waals surface area contributed by atoms with E-state index in [4.69, 9.17) is 5.21 Å². The Morgan fingerprint density at radius 1 is 1.92 bits per heavy atom. The predicted molar refractivity (Wildman–Crippen MR) is 48.3 cm³/mol. The first-order valence-electron chi connectivity index (χ1n) is 3.27. The third kappa shape index (κ3) is 2.02. The Balaban J connectivity index is 2.78. The quantitative estimate of drug-likeness (QED) is 0.643. The Labute approximate surface area is 81.9 Å². The number of halogens is 1. The Morgan fingerprint density at radius 3 is 3.00 bits per heavy atom. The van der Waals surface area contributed by atoms with Crippen LogP contribution >= 0.6 is 27.3 Å². The van der Waals surface area contributed by atoms with Gasteiger partial charge < -0.3 is 0 Å². The van der Waals surface area contributed by atoms with Gasteiger partial charge in [-0.3, -0.25) is 10.0 Å². The number of hydroxylamine groups is 2. The lowest BCUT2D eigenvalue weighted by Crippen LogP contribution is -2.27. The maximum atomic E-state index is 11.2. The number of thiazole rings is 1. The highest BCUT2D eigenvalue weighted by Crippen LogP contribution is 2.16. The first-order valence-corrected chi connectivity index (χ1v) is 4.94. The topological polar surface area (TPSA) is 53.4 Å². The molecule has 0 atom stereocenters. The van der Waals surface area contributed by atoms with Crippen LogP contribution in [-0.4, -0.2) is 27.7 Å². The minimum absolute atomic E-state index is 0.258. The van der Waals surface area contributed by atoms with Gasteiger partial charge >= 0.3 is 0 Å². The number of carbonyl (C=O) groups excluding carboxylic acids is 1. The predicted octanol–water partition coefficient (Wildman–Crippen LogP) is 1.76. The molecule has 1 heterocycles. The summed E-state index contributed by atoms with van der Waals surface area (Å²) in [7, 11) is 0. The lowest BCUT2D eigenvalue weighted by Gasteiger charge is -2.09. The van der Waals surface area contributed by atoms with Crippen LogP contribution in [0.1, 0.15) is 17.4 Å². The van der Waals surface area contributed by atoms with Gasteiger partial charge in [0.05, 0.1) is 0 Å². The molecule has 1 amide bonds. The highest BCUT2D eigenvalue weighted by molar-refractivity contribution is 9.11. The van der Waals surface area contributed by atoms with E-state index >= 15 is 0 Å². The van der Waals surface area contributed by atoms with Crippen molar-refractivity contribution in [2.75, 3.05) is 6.54 Å². The molecule has 12 heavy (non-hydrogen) atoms. The summed E-state index contributed by atoms with van der Waals surface area (Å²) in [6.45, 7) is 1.94. The van der Waals surface area contributed by atoms with Gasteiger partial charge in [-0.2, -0.15) is 0 Å². The van der Waals surface area contributed by atoms with Crippen LogP contribution in [0.25, 0.3) is 0 Å². The molecule has 0 saturated heterocycles. The van der Waals surface area contributed by atoms with Crippen LogP contribution in [-0.2, 0) is 0 Å². The Bertz CT molecular complexity index is 289. The zero-order chi connectivity index (χ0) is 9.14. The monoisotopic (exact) mass is 250 g/mol. The maximum absolute atomic E-state index is 11.2. The van der Waals surface area contributed by atoms with E-state index in [9.17, 15) is 4.79 Å². The second-order valence-corrected chi connectivity index (χ2v) is 4.14. The fourth-order valence-corrected chi connectivity index (χ4v) is 1.61. The van der Waals surface area contributed by atoms with E-state index in [-0.39, 0.29) is 12.2 Å². The SMILES string of the molecule is CCN(O)C(=O)c1csc(Br)n1. The second kappa shape index (κ2) is 3.97. The van der Waals surface area contributed by atoms with Crippen molar-refractivity contribution in [2.24, 2.45) is 0 Å². The smallest absolute Gasteiger partial charge is 0.286 e. The lowest BCUT2D eigenvalue weighted by molar-refractivity contribution is -0.0545. The minimum Gasteiger partial charge on any atom is -0.286 e. The van der Waals surface area contributed by atoms with E-state index in [0.29, 0.717) is 8.98 Å². The average molecular weight is 251 g/mol. The van der Waals surface area contributed by atoms with E-state index in [1.54, 1.807) is 12.3 Å². The van der Waals surface area contributed by atoms with Crippen molar-refractivity contribution in [3.63, 3.8) is 0 Å². The van der Waals surface area contributed by atoms with E-state index in [1.165, 1.54) is 11.3 Å². The molecule has 0 aliphatic rings.